The van der Waals surface area contributed by atoms with Crippen LogP contribution in [0.25, 0.3) is 0 Å². The number of rotatable bonds is 9. The molecule has 1 rings (SSSR count). The maximum atomic E-state index is 12.1. The number of hydrogen-bond acceptors (Lipinski definition) is 4. The summed E-state index contributed by atoms with van der Waals surface area (Å²) in [5, 5.41) is 8.93. The zero-order valence-electron chi connectivity index (χ0n) is 13.3. The summed E-state index contributed by atoms with van der Waals surface area (Å²) in [4.78, 5) is 24.2. The molecule has 0 aromatic heterocycles. The Kier molecular flexibility index (Phi) is 8.49. The second-order valence-corrected chi connectivity index (χ2v) is 8.28. The van der Waals surface area contributed by atoms with E-state index in [0.717, 1.165) is 6.42 Å². The van der Waals surface area contributed by atoms with Crippen molar-refractivity contribution in [3.05, 3.63) is 0 Å². The van der Waals surface area contributed by atoms with Gasteiger partial charge in [0, 0.05) is 13.0 Å². The number of amides is 1. The maximum absolute atomic E-state index is 12.1. The summed E-state index contributed by atoms with van der Waals surface area (Å²) in [6, 6.07) is 0. The zero-order valence-corrected chi connectivity index (χ0v) is 15.7. The number of carboxylic acids is 1. The van der Waals surface area contributed by atoms with Crippen molar-refractivity contribution in [2.24, 2.45) is 5.92 Å². The van der Waals surface area contributed by atoms with Gasteiger partial charge >= 0.3 is 5.97 Å². The van der Waals surface area contributed by atoms with Gasteiger partial charge in [0.2, 0.25) is 15.9 Å². The van der Waals surface area contributed by atoms with E-state index in [-0.39, 0.29) is 29.3 Å². The van der Waals surface area contributed by atoms with Gasteiger partial charge in [-0.15, -0.1) is 0 Å². The number of carbonyl (C=O) groups excluding carboxylic acids is 1. The highest BCUT2D eigenvalue weighted by atomic mass is 79.9. The molecule has 0 aliphatic carbocycles. The smallest absolute Gasteiger partial charge is 0.303 e. The topological polar surface area (TPSA) is 104 Å². The quantitative estimate of drug-likeness (QED) is 0.558. The predicted octanol–water partition coefficient (Wildman–Crippen LogP) is 1.53. The van der Waals surface area contributed by atoms with Crippen molar-refractivity contribution in [1.82, 2.24) is 9.62 Å². The number of aliphatic carboxylic acids is 1. The predicted molar refractivity (Wildman–Crippen MR) is 90.7 cm³/mol. The lowest BCUT2D eigenvalue weighted by molar-refractivity contribution is -0.138. The molecule has 1 amide bonds. The molecule has 2 atom stereocenters. The number of nitrogens with zero attached hydrogens (tertiary/aromatic N) is 1. The van der Waals surface area contributed by atoms with Crippen molar-refractivity contribution in [2.45, 2.75) is 51.6 Å². The van der Waals surface area contributed by atoms with Crippen LogP contribution < -0.4 is 4.72 Å². The number of unbranched alkanes of at least 4 members (excludes halogenated alkanes) is 1. The summed E-state index contributed by atoms with van der Waals surface area (Å²) in [6.07, 6.45) is 2.46. The summed E-state index contributed by atoms with van der Waals surface area (Å²) in [5.41, 5.74) is 0. The Hall–Kier alpha value is -0.670. The van der Waals surface area contributed by atoms with Gasteiger partial charge < -0.3 is 10.0 Å². The number of carbonyl (C=O) groups is 2. The fraction of sp³-hybridized carbons (Fsp3) is 0.857. The van der Waals surface area contributed by atoms with Crippen molar-refractivity contribution >= 4 is 37.8 Å². The van der Waals surface area contributed by atoms with E-state index >= 15 is 0 Å². The zero-order chi connectivity index (χ0) is 17.5. The van der Waals surface area contributed by atoms with Crippen molar-refractivity contribution in [3.63, 3.8) is 0 Å². The highest BCUT2D eigenvalue weighted by Gasteiger charge is 2.33. The molecule has 0 aromatic carbocycles. The number of halogens is 1. The van der Waals surface area contributed by atoms with Crippen molar-refractivity contribution in [3.8, 4) is 0 Å². The molecule has 23 heavy (non-hydrogen) atoms. The molecule has 134 valence electrons. The molecular formula is C14H25BrN2O5S. The summed E-state index contributed by atoms with van der Waals surface area (Å²) in [7, 11) is -3.45. The first-order valence-electron chi connectivity index (χ1n) is 7.86. The average Bonchev–Trinajstić information content (AvgIpc) is 2.50. The molecule has 1 aliphatic rings. The van der Waals surface area contributed by atoms with Gasteiger partial charge in [-0.2, -0.15) is 4.72 Å². The van der Waals surface area contributed by atoms with Gasteiger partial charge in [-0.25, -0.2) is 8.42 Å². The second-order valence-electron chi connectivity index (χ2n) is 5.85. The fourth-order valence-electron chi connectivity index (χ4n) is 2.72. The number of sulfonamides is 1. The van der Waals surface area contributed by atoms with E-state index in [1.807, 2.05) is 6.92 Å². The average molecular weight is 413 g/mol. The molecule has 0 spiro atoms. The molecule has 7 nitrogen and oxygen atoms in total. The third-order valence-corrected chi connectivity index (χ3v) is 5.93. The van der Waals surface area contributed by atoms with Gasteiger partial charge in [-0.05, 0) is 31.6 Å². The molecule has 1 fully saturated rings. The first-order chi connectivity index (χ1) is 10.8. The molecule has 2 N–H and O–H groups in total. The van der Waals surface area contributed by atoms with E-state index in [9.17, 15) is 18.0 Å². The minimum Gasteiger partial charge on any atom is -0.481 e. The molecule has 0 bridgehead atoms. The Bertz CT molecular complexity index is 511. The summed E-state index contributed by atoms with van der Waals surface area (Å²) in [6.45, 7) is 2.36. The van der Waals surface area contributed by atoms with E-state index in [1.165, 1.54) is 4.90 Å². The molecule has 1 saturated heterocycles. The second kappa shape index (κ2) is 9.58. The van der Waals surface area contributed by atoms with Gasteiger partial charge in [-0.3, -0.25) is 9.59 Å². The molecule has 0 aromatic rings. The third kappa shape index (κ3) is 7.17. The van der Waals surface area contributed by atoms with Crippen LogP contribution in [-0.2, 0) is 19.6 Å². The van der Waals surface area contributed by atoms with Crippen molar-refractivity contribution < 1.29 is 23.1 Å². The van der Waals surface area contributed by atoms with Crippen molar-refractivity contribution in [2.75, 3.05) is 17.6 Å². The van der Waals surface area contributed by atoms with Gasteiger partial charge in [0.1, 0.15) is 0 Å². The Labute approximate surface area is 146 Å². The number of nitrogens with one attached hydrogen (secondary N) is 1. The number of hydrogen-bond donors (Lipinski definition) is 2. The summed E-state index contributed by atoms with van der Waals surface area (Å²) >= 11 is 3.12. The van der Waals surface area contributed by atoms with Gasteiger partial charge in [0.25, 0.3) is 0 Å². The summed E-state index contributed by atoms with van der Waals surface area (Å²) < 4.78 is 26.9. The SMILES string of the molecule is CCCCS(=O)(=O)NC1CC(CCC(=O)O)CCN1C(=O)CBr. The highest BCUT2D eigenvalue weighted by molar-refractivity contribution is 9.09. The van der Waals surface area contributed by atoms with E-state index < -0.39 is 22.2 Å². The number of piperidine rings is 1. The number of likely N-dealkylation sites (tertiary alicyclic amines) is 1. The van der Waals surface area contributed by atoms with E-state index in [1.54, 1.807) is 0 Å². The van der Waals surface area contributed by atoms with Crippen LogP contribution >= 0.6 is 15.9 Å². The van der Waals surface area contributed by atoms with Gasteiger partial charge in [0.05, 0.1) is 17.2 Å². The lowest BCUT2D eigenvalue weighted by Crippen LogP contribution is -2.55. The molecule has 0 saturated carbocycles. The van der Waals surface area contributed by atoms with Crippen LogP contribution in [0.3, 0.4) is 0 Å². The highest BCUT2D eigenvalue weighted by Crippen LogP contribution is 2.26. The Morgan fingerprint density at radius 1 is 1.39 bits per heavy atom. The van der Waals surface area contributed by atoms with Crippen LogP contribution in [0.15, 0.2) is 0 Å². The molecule has 1 aliphatic heterocycles. The molecule has 2 unspecified atom stereocenters. The summed E-state index contributed by atoms with van der Waals surface area (Å²) in [5.74, 6) is -0.880. The van der Waals surface area contributed by atoms with E-state index in [2.05, 4.69) is 20.7 Å². The largest absolute Gasteiger partial charge is 0.481 e. The molecule has 9 heteroatoms. The van der Waals surface area contributed by atoms with Gasteiger partial charge in [-0.1, -0.05) is 29.3 Å². The Balaban J connectivity index is 2.76. The first kappa shape index (κ1) is 20.4. The Morgan fingerprint density at radius 2 is 2.09 bits per heavy atom. The molecule has 1 heterocycles. The number of alkyl halides is 1. The minimum absolute atomic E-state index is 0.0378. The van der Waals surface area contributed by atoms with Crippen LogP contribution in [0, 0.1) is 5.92 Å². The van der Waals surface area contributed by atoms with E-state index in [0.29, 0.717) is 32.2 Å². The Morgan fingerprint density at radius 3 is 2.65 bits per heavy atom. The van der Waals surface area contributed by atoms with Crippen LogP contribution in [0.1, 0.15) is 45.4 Å². The standard InChI is InChI=1S/C14H25BrN2O5S/c1-2-3-8-23(21,22)16-12-9-11(4-5-14(19)20)6-7-17(12)13(18)10-15/h11-12,16H,2-10H2,1H3,(H,19,20). The van der Waals surface area contributed by atoms with Crippen molar-refractivity contribution in [1.29, 1.82) is 0 Å². The number of carboxylic acid groups (broad SMARTS) is 1. The normalized spacial score (nSPS) is 22.1. The lowest BCUT2D eigenvalue weighted by Gasteiger charge is -2.39. The third-order valence-electron chi connectivity index (χ3n) is 3.99. The first-order valence-corrected chi connectivity index (χ1v) is 10.6. The van der Waals surface area contributed by atoms with Gasteiger partial charge in [0.15, 0.2) is 0 Å². The molecular weight excluding hydrogens is 388 g/mol. The monoisotopic (exact) mass is 412 g/mol. The molecule has 0 radical (unpaired) electrons. The fourth-order valence-corrected chi connectivity index (χ4v) is 4.46. The van der Waals surface area contributed by atoms with Crippen LogP contribution in [0.2, 0.25) is 0 Å². The van der Waals surface area contributed by atoms with Crippen LogP contribution in [0.4, 0.5) is 0 Å². The lowest BCUT2D eigenvalue weighted by atomic mass is 9.90. The van der Waals surface area contributed by atoms with Crippen LogP contribution in [0.5, 0.6) is 0 Å². The maximum Gasteiger partial charge on any atom is 0.303 e. The van der Waals surface area contributed by atoms with Crippen LogP contribution in [-0.4, -0.2) is 54.1 Å². The minimum atomic E-state index is -3.45. The van der Waals surface area contributed by atoms with E-state index in [4.69, 9.17) is 5.11 Å².